The largest absolute Gasteiger partial charge is 0.461 e. The van der Waals surface area contributed by atoms with Crippen LogP contribution in [0.2, 0.25) is 0 Å². The van der Waals surface area contributed by atoms with Crippen LogP contribution >= 0.6 is 0 Å². The van der Waals surface area contributed by atoms with E-state index in [0.29, 0.717) is 122 Å². The van der Waals surface area contributed by atoms with Gasteiger partial charge in [-0.3, -0.25) is 19.2 Å². The number of aliphatic hydroxyl groups is 2. The molecule has 0 unspecified atom stereocenters. The lowest BCUT2D eigenvalue weighted by Gasteiger charge is -2.43. The van der Waals surface area contributed by atoms with Crippen LogP contribution in [0, 0.1) is 35.5 Å². The first-order chi connectivity index (χ1) is 39.7. The molecular formula is C62H100N4O17. The van der Waals surface area contributed by atoms with Gasteiger partial charge in [0.25, 0.3) is 11.7 Å². The first-order valence-electron chi connectivity index (χ1n) is 30.1. The van der Waals surface area contributed by atoms with Crippen LogP contribution in [0.25, 0.3) is 10.4 Å². The summed E-state index contributed by atoms with van der Waals surface area (Å²) in [6, 6.07) is -2.01. The van der Waals surface area contributed by atoms with E-state index in [1.54, 1.807) is 41.3 Å². The second-order valence-corrected chi connectivity index (χ2v) is 23.4. The van der Waals surface area contributed by atoms with Crippen molar-refractivity contribution in [3.8, 4) is 0 Å². The summed E-state index contributed by atoms with van der Waals surface area (Å²) < 4.78 is 57.6. The molecule has 2 bridgehead atoms. The van der Waals surface area contributed by atoms with Crippen LogP contribution in [-0.2, 0) is 71.3 Å². The Balaban J connectivity index is 1.59. The zero-order chi connectivity index (χ0) is 61.1. The van der Waals surface area contributed by atoms with Gasteiger partial charge in [0.15, 0.2) is 5.78 Å². The molecule has 3 aliphatic heterocycles. The minimum Gasteiger partial charge on any atom is -0.461 e. The van der Waals surface area contributed by atoms with Crippen molar-refractivity contribution in [2.45, 2.75) is 199 Å². The number of piperidine rings is 1. The highest BCUT2D eigenvalue weighted by atomic mass is 16.6. The van der Waals surface area contributed by atoms with Gasteiger partial charge in [0.2, 0.25) is 5.79 Å². The van der Waals surface area contributed by atoms with Crippen molar-refractivity contribution in [2.24, 2.45) is 40.6 Å². The third-order valence-corrected chi connectivity index (χ3v) is 17.0. The molecule has 3 heterocycles. The summed E-state index contributed by atoms with van der Waals surface area (Å²) in [6.45, 7) is 16.0. The first kappa shape index (κ1) is 71.1. The molecule has 0 spiro atoms. The number of Topliss-reactive ketones (excluding diaryl/α,β-unsaturated/α-hetero) is 2. The molecule has 83 heavy (non-hydrogen) atoms. The van der Waals surface area contributed by atoms with E-state index in [9.17, 15) is 39.7 Å². The standard InChI is InChI=1S/C62H100N4O17/c1-40-18-13-12-14-19-41(2)52(75-9)38-48-24-22-46(7)62(73,83-48)59(70)60(71)66-26-16-15-20-50(66)61(72)82-53(39-49(64-65-63)42(3)35-45(6)57(69)58(77-11)56(68)44(5)34-40)43(4)36-47-23-25-51(54(37-47)76-10)81-55(67)21-17-27-78-30-31-80-33-32-79-29-28-74-8/h12-14,18-19,35,40,42-44,46-54,57-58,69,73H,15-17,20-34,36-39H2,1-11H3/b14-12+,18-13+,41-19+,45-35+/t40-,42-,43-,44-,46-,47+,48+,49+,50+,51-,52+,53+,54-,57-,58+,62-/m1/s1. The van der Waals surface area contributed by atoms with Crippen molar-refractivity contribution in [1.82, 2.24) is 4.90 Å². The number of carbonyl (C=O) groups excluding carboxylic acids is 5. The highest BCUT2D eigenvalue weighted by Crippen LogP contribution is 2.39. The summed E-state index contributed by atoms with van der Waals surface area (Å²) in [7, 11) is 6.16. The quantitative estimate of drug-likeness (QED) is 0.0208. The highest BCUT2D eigenvalue weighted by molar-refractivity contribution is 6.39. The number of ether oxygens (including phenoxy) is 10. The molecule has 1 saturated carbocycles. The van der Waals surface area contributed by atoms with Gasteiger partial charge in [-0.1, -0.05) is 76.2 Å². The second-order valence-electron chi connectivity index (χ2n) is 23.4. The smallest absolute Gasteiger partial charge is 0.329 e. The van der Waals surface area contributed by atoms with E-state index in [1.807, 2.05) is 65.0 Å². The zero-order valence-electron chi connectivity index (χ0n) is 51.5. The van der Waals surface area contributed by atoms with Gasteiger partial charge in [0, 0.05) is 77.2 Å². The number of allylic oxidation sites excluding steroid dienone is 5. The van der Waals surface area contributed by atoms with Gasteiger partial charge in [0.1, 0.15) is 30.5 Å². The van der Waals surface area contributed by atoms with E-state index in [0.717, 1.165) is 5.57 Å². The predicted octanol–water partition coefficient (Wildman–Crippen LogP) is 8.32. The molecule has 2 saturated heterocycles. The summed E-state index contributed by atoms with van der Waals surface area (Å²) in [5, 5.41) is 28.0. The number of hydrogen-bond donors (Lipinski definition) is 2. The lowest BCUT2D eigenvalue weighted by Crippen LogP contribution is -2.61. The summed E-state index contributed by atoms with van der Waals surface area (Å²) in [5.74, 6) is -8.11. The van der Waals surface area contributed by atoms with Gasteiger partial charge in [-0.15, -0.1) is 0 Å². The number of ketones is 2. The van der Waals surface area contributed by atoms with Crippen LogP contribution in [0.3, 0.4) is 0 Å². The molecule has 21 heteroatoms. The Morgan fingerprint density at radius 1 is 0.819 bits per heavy atom. The number of azide groups is 1. The summed E-state index contributed by atoms with van der Waals surface area (Å²) in [6.07, 6.45) is 11.8. The van der Waals surface area contributed by atoms with Crippen molar-refractivity contribution >= 4 is 29.4 Å². The van der Waals surface area contributed by atoms with Gasteiger partial charge in [-0.05, 0) is 131 Å². The fraction of sp³-hybridized carbons (Fsp3) is 0.790. The normalized spacial score (nSPS) is 34.9. The number of aliphatic hydroxyl groups excluding tert-OH is 1. The molecule has 2 N–H and O–H groups in total. The average molecular weight is 1170 g/mol. The van der Waals surface area contributed by atoms with Crippen LogP contribution in [-0.4, -0.2) is 186 Å². The summed E-state index contributed by atoms with van der Waals surface area (Å²) in [5.41, 5.74) is 11.3. The number of nitrogens with zero attached hydrogens (tertiary/aromatic N) is 4. The maximum atomic E-state index is 14.8. The Kier molecular flexibility index (Phi) is 31.9. The number of cyclic esters (lactones) is 1. The van der Waals surface area contributed by atoms with E-state index >= 15 is 0 Å². The van der Waals surface area contributed by atoms with Gasteiger partial charge in [-0.25, -0.2) is 4.79 Å². The number of amides is 1. The number of hydrogen-bond acceptors (Lipinski definition) is 18. The molecule has 0 aromatic heterocycles. The van der Waals surface area contributed by atoms with Crippen molar-refractivity contribution < 1.29 is 81.6 Å². The van der Waals surface area contributed by atoms with E-state index in [4.69, 9.17) is 47.4 Å². The van der Waals surface area contributed by atoms with Gasteiger partial charge >= 0.3 is 11.9 Å². The summed E-state index contributed by atoms with van der Waals surface area (Å²) in [4.78, 5) is 75.1. The second kappa shape index (κ2) is 37.2. The molecule has 1 aliphatic carbocycles. The molecular weight excluding hydrogens is 1070 g/mol. The maximum Gasteiger partial charge on any atom is 0.329 e. The van der Waals surface area contributed by atoms with Crippen LogP contribution in [0.4, 0.5) is 0 Å². The predicted molar refractivity (Wildman–Crippen MR) is 311 cm³/mol. The van der Waals surface area contributed by atoms with Crippen LogP contribution in [0.5, 0.6) is 0 Å². The van der Waals surface area contributed by atoms with Crippen molar-refractivity contribution in [2.75, 3.05) is 81.2 Å². The average Bonchev–Trinajstić information content (AvgIpc) is 3.64. The number of esters is 2. The zero-order valence-corrected chi connectivity index (χ0v) is 51.5. The van der Waals surface area contributed by atoms with Crippen LogP contribution in [0.1, 0.15) is 138 Å². The number of rotatable bonds is 21. The molecule has 470 valence electrons. The fourth-order valence-electron chi connectivity index (χ4n) is 11.8. The molecule has 0 radical (unpaired) electrons. The topological polar surface area (TPSA) is 270 Å². The molecule has 4 rings (SSSR count). The Morgan fingerprint density at radius 3 is 2.18 bits per heavy atom. The summed E-state index contributed by atoms with van der Waals surface area (Å²) >= 11 is 0. The van der Waals surface area contributed by atoms with E-state index in [1.165, 1.54) is 12.0 Å². The van der Waals surface area contributed by atoms with E-state index < -0.39 is 96.0 Å². The van der Waals surface area contributed by atoms with E-state index in [2.05, 4.69) is 10.0 Å². The molecule has 0 aromatic carbocycles. The van der Waals surface area contributed by atoms with E-state index in [-0.39, 0.29) is 55.3 Å². The molecule has 0 aromatic rings. The third kappa shape index (κ3) is 22.4. The third-order valence-electron chi connectivity index (χ3n) is 17.0. The molecule has 3 fully saturated rings. The maximum absolute atomic E-state index is 14.8. The minimum atomic E-state index is -2.46. The first-order valence-corrected chi connectivity index (χ1v) is 30.1. The molecule has 16 atom stereocenters. The number of fused-ring (bicyclic) bond motifs is 3. The number of methoxy groups -OCH3 is 4. The lowest BCUT2D eigenvalue weighted by molar-refractivity contribution is -0.265. The Hall–Kier alpha value is -4.38. The van der Waals surface area contributed by atoms with Crippen molar-refractivity contribution in [3.05, 3.63) is 58.0 Å². The SMILES string of the molecule is COCCOCCOCCOCCCC(=O)O[C@@H]1CC[C@@H](C[C@@H](C)[C@@H]2C[C@H](N=[N+]=[N-])[C@H](C)/C=C(\C)[C@@H](O)[C@@H](OC)C(=O)[C@H](C)C[C@H](C)/C=C/C=C/C=C(\C)[C@@H](OC)C[C@@H]3CC[C@@H](C)[C@@](O)(O3)C(=O)C(=O)N3CCCC[C@H]3C(=O)O2)C[C@H]1OC. The van der Waals surface area contributed by atoms with Gasteiger partial charge < -0.3 is 62.5 Å². The number of carbonyl (C=O) groups is 5. The van der Waals surface area contributed by atoms with Gasteiger partial charge in [-0.2, -0.15) is 0 Å². The van der Waals surface area contributed by atoms with Crippen LogP contribution < -0.4 is 0 Å². The van der Waals surface area contributed by atoms with Crippen molar-refractivity contribution in [1.29, 1.82) is 0 Å². The monoisotopic (exact) mass is 1170 g/mol. The minimum absolute atomic E-state index is 0.00425. The Bertz CT molecular complexity index is 2200. The molecule has 4 aliphatic rings. The Labute approximate surface area is 493 Å². The highest BCUT2D eigenvalue weighted by Gasteiger charge is 2.53. The lowest BCUT2D eigenvalue weighted by atomic mass is 9.78. The Morgan fingerprint density at radius 2 is 1.52 bits per heavy atom. The fourth-order valence-corrected chi connectivity index (χ4v) is 11.8. The molecule has 1 amide bonds. The van der Waals surface area contributed by atoms with Crippen LogP contribution in [0.15, 0.2) is 52.7 Å². The van der Waals surface area contributed by atoms with Crippen molar-refractivity contribution in [3.63, 3.8) is 0 Å². The molecule has 21 nitrogen and oxygen atoms in total. The van der Waals surface area contributed by atoms with Gasteiger partial charge in [0.05, 0.1) is 58.0 Å².